The van der Waals surface area contributed by atoms with Gasteiger partial charge in [-0.1, -0.05) is 48.5 Å². The number of nitrogens with one attached hydrogen (secondary N) is 1. The second-order valence-corrected chi connectivity index (χ2v) is 10.4. The Kier molecular flexibility index (Phi) is 6.24. The predicted molar refractivity (Wildman–Crippen MR) is 136 cm³/mol. The molecule has 36 heavy (non-hydrogen) atoms. The van der Waals surface area contributed by atoms with E-state index in [4.69, 9.17) is 0 Å². The van der Waals surface area contributed by atoms with E-state index in [1.807, 2.05) is 48.5 Å². The molecule has 1 fully saturated rings. The highest BCUT2D eigenvalue weighted by Gasteiger charge is 2.29. The lowest BCUT2D eigenvalue weighted by Crippen LogP contribution is -2.38. The van der Waals surface area contributed by atoms with Gasteiger partial charge in [-0.2, -0.15) is 0 Å². The van der Waals surface area contributed by atoms with Crippen LogP contribution in [-0.4, -0.2) is 55.5 Å². The Balaban J connectivity index is 1.41. The highest BCUT2D eigenvalue weighted by atomic mass is 32.2. The van der Waals surface area contributed by atoms with Gasteiger partial charge in [-0.15, -0.1) is 0 Å². The van der Waals surface area contributed by atoms with Gasteiger partial charge in [0.25, 0.3) is 15.9 Å². The number of methoxy groups -OCH3 is 1. The summed E-state index contributed by atoms with van der Waals surface area (Å²) in [6.45, 7) is 0.858. The third kappa shape index (κ3) is 4.33. The summed E-state index contributed by atoms with van der Waals surface area (Å²) in [5, 5.41) is 3.54. The van der Waals surface area contributed by atoms with Crippen LogP contribution in [0.15, 0.2) is 90.0 Å². The van der Waals surface area contributed by atoms with Crippen LogP contribution in [0.3, 0.4) is 0 Å². The second kappa shape index (κ2) is 9.50. The molecule has 9 heteroatoms. The van der Waals surface area contributed by atoms with E-state index in [1.165, 1.54) is 35.3 Å². The highest BCUT2D eigenvalue weighted by Crippen LogP contribution is 2.33. The van der Waals surface area contributed by atoms with E-state index in [2.05, 4.69) is 10.1 Å². The number of nitrogens with zero attached hydrogens (tertiary/aromatic N) is 2. The zero-order chi connectivity index (χ0) is 25.3. The number of ether oxygens (including phenoxy) is 1. The van der Waals surface area contributed by atoms with Crippen LogP contribution in [0.5, 0.6) is 0 Å². The van der Waals surface area contributed by atoms with E-state index >= 15 is 0 Å². The number of aromatic nitrogens is 1. The number of hydrogen-bond donors (Lipinski definition) is 1. The van der Waals surface area contributed by atoms with Gasteiger partial charge < -0.3 is 15.0 Å². The average Bonchev–Trinajstić information content (AvgIpc) is 3.54. The molecule has 4 aromatic rings. The number of para-hydroxylation sites is 1. The lowest BCUT2D eigenvalue weighted by molar-refractivity contribution is 0.0788. The number of hydrogen-bond acceptors (Lipinski definition) is 5. The van der Waals surface area contributed by atoms with Crippen LogP contribution in [0.25, 0.3) is 22.0 Å². The molecule has 2 amide bonds. The number of benzene rings is 3. The molecule has 184 valence electrons. The fourth-order valence-corrected chi connectivity index (χ4v) is 5.92. The molecule has 1 aromatic heterocycles. The van der Waals surface area contributed by atoms with Gasteiger partial charge in [-0.3, -0.25) is 4.79 Å². The minimum atomic E-state index is -3.91. The van der Waals surface area contributed by atoms with Crippen molar-refractivity contribution < 1.29 is 22.7 Å². The Bertz CT molecular complexity index is 1530. The monoisotopic (exact) mass is 503 g/mol. The maximum absolute atomic E-state index is 13.6. The highest BCUT2D eigenvalue weighted by molar-refractivity contribution is 7.90. The van der Waals surface area contributed by atoms with Crippen molar-refractivity contribution in [2.75, 3.05) is 20.2 Å². The minimum absolute atomic E-state index is 0.0890. The first-order valence-electron chi connectivity index (χ1n) is 11.5. The quantitative estimate of drug-likeness (QED) is 0.442. The number of carbonyl (C=O) groups is 2. The van der Waals surface area contributed by atoms with Crippen LogP contribution in [0, 0.1) is 0 Å². The Labute approximate surface area is 209 Å². The maximum Gasteiger partial charge on any atom is 0.407 e. The normalized spacial score (nSPS) is 15.7. The predicted octanol–water partition coefficient (Wildman–Crippen LogP) is 4.12. The first-order valence-corrected chi connectivity index (χ1v) is 13.0. The fourth-order valence-electron chi connectivity index (χ4n) is 4.55. The second-order valence-electron chi connectivity index (χ2n) is 8.62. The van der Waals surface area contributed by atoms with Crippen LogP contribution in [0.1, 0.15) is 16.8 Å². The molecule has 5 rings (SSSR count). The molecule has 8 nitrogen and oxygen atoms in total. The molecule has 1 saturated heterocycles. The molecular formula is C27H25N3O5S. The van der Waals surface area contributed by atoms with Crippen molar-refractivity contribution in [3.8, 4) is 11.1 Å². The summed E-state index contributed by atoms with van der Waals surface area (Å²) in [4.78, 5) is 26.1. The molecule has 1 atom stereocenters. The van der Waals surface area contributed by atoms with Crippen molar-refractivity contribution >= 4 is 32.9 Å². The van der Waals surface area contributed by atoms with Crippen molar-refractivity contribution in [2.45, 2.75) is 17.4 Å². The smallest absolute Gasteiger partial charge is 0.407 e. The van der Waals surface area contributed by atoms with Crippen LogP contribution in [0.2, 0.25) is 0 Å². The van der Waals surface area contributed by atoms with Crippen LogP contribution < -0.4 is 5.32 Å². The van der Waals surface area contributed by atoms with Crippen LogP contribution in [-0.2, 0) is 14.8 Å². The molecule has 1 N–H and O–H groups in total. The minimum Gasteiger partial charge on any atom is -0.453 e. The van der Waals surface area contributed by atoms with Gasteiger partial charge in [0.15, 0.2) is 0 Å². The first kappa shape index (κ1) is 23.6. The zero-order valence-electron chi connectivity index (χ0n) is 19.6. The Morgan fingerprint density at radius 2 is 1.64 bits per heavy atom. The number of carbonyl (C=O) groups excluding carboxylic acids is 2. The SMILES string of the molecule is COC(=O)NC1CCN(C(=O)c2ccc(S(=O)(=O)n3cc(-c4ccccc4)c4ccccc43)cc2)C1. The third-order valence-corrected chi connectivity index (χ3v) is 8.09. The molecule has 1 aliphatic rings. The van der Waals surface area contributed by atoms with Gasteiger partial charge in [-0.25, -0.2) is 17.2 Å². The van der Waals surface area contributed by atoms with E-state index in [-0.39, 0.29) is 16.8 Å². The average molecular weight is 504 g/mol. The lowest BCUT2D eigenvalue weighted by Gasteiger charge is -2.17. The summed E-state index contributed by atoms with van der Waals surface area (Å²) in [6.07, 6.45) is 1.74. The molecule has 1 aliphatic heterocycles. The Morgan fingerprint density at radius 3 is 2.36 bits per heavy atom. The molecule has 1 unspecified atom stereocenters. The van der Waals surface area contributed by atoms with E-state index < -0.39 is 16.1 Å². The molecule has 0 aliphatic carbocycles. The fraction of sp³-hybridized carbons (Fsp3) is 0.185. The molecule has 0 saturated carbocycles. The van der Waals surface area contributed by atoms with Crippen LogP contribution >= 0.6 is 0 Å². The number of fused-ring (bicyclic) bond motifs is 1. The standard InChI is InChI=1S/C27H25N3O5S/c1-35-27(32)28-21-15-16-29(17-21)26(31)20-11-13-22(14-12-20)36(33,34)30-18-24(19-7-3-2-4-8-19)23-9-5-6-10-25(23)30/h2-14,18,21H,15-17H2,1H3,(H,28,32). The third-order valence-electron chi connectivity index (χ3n) is 6.40. The number of amides is 2. The van der Waals surface area contributed by atoms with Crippen molar-refractivity contribution in [1.29, 1.82) is 0 Å². The molecule has 0 bridgehead atoms. The Morgan fingerprint density at radius 1 is 0.944 bits per heavy atom. The topological polar surface area (TPSA) is 97.7 Å². The molecule has 3 aromatic carbocycles. The summed E-state index contributed by atoms with van der Waals surface area (Å²) in [6, 6.07) is 22.8. The summed E-state index contributed by atoms with van der Waals surface area (Å²) in [7, 11) is -2.62. The van der Waals surface area contributed by atoms with Crippen molar-refractivity contribution in [2.24, 2.45) is 0 Å². The summed E-state index contributed by atoms with van der Waals surface area (Å²) >= 11 is 0. The molecule has 0 spiro atoms. The van der Waals surface area contributed by atoms with Gasteiger partial charge in [0.05, 0.1) is 23.6 Å². The first-order chi connectivity index (χ1) is 17.4. The van der Waals surface area contributed by atoms with E-state index in [1.54, 1.807) is 17.2 Å². The van der Waals surface area contributed by atoms with Gasteiger partial charge in [-0.05, 0) is 42.3 Å². The van der Waals surface area contributed by atoms with Gasteiger partial charge in [0, 0.05) is 35.8 Å². The number of likely N-dealkylation sites (tertiary alicyclic amines) is 1. The maximum atomic E-state index is 13.6. The van der Waals surface area contributed by atoms with E-state index in [0.717, 1.165) is 16.5 Å². The Hall–Kier alpha value is -4.11. The molecular weight excluding hydrogens is 478 g/mol. The molecule has 0 radical (unpaired) electrons. The zero-order valence-corrected chi connectivity index (χ0v) is 20.4. The summed E-state index contributed by atoms with van der Waals surface area (Å²) in [5.41, 5.74) is 2.72. The molecule has 2 heterocycles. The van der Waals surface area contributed by atoms with E-state index in [9.17, 15) is 18.0 Å². The summed E-state index contributed by atoms with van der Waals surface area (Å²) < 4.78 is 33.2. The number of rotatable bonds is 5. The van der Waals surface area contributed by atoms with E-state index in [0.29, 0.717) is 30.6 Å². The van der Waals surface area contributed by atoms with Gasteiger partial charge in [0.2, 0.25) is 0 Å². The van der Waals surface area contributed by atoms with Crippen molar-refractivity contribution in [1.82, 2.24) is 14.2 Å². The van der Waals surface area contributed by atoms with Crippen molar-refractivity contribution in [3.05, 3.63) is 90.6 Å². The lowest BCUT2D eigenvalue weighted by atomic mass is 10.1. The van der Waals surface area contributed by atoms with Gasteiger partial charge in [0.1, 0.15) is 0 Å². The largest absolute Gasteiger partial charge is 0.453 e. The summed E-state index contributed by atoms with van der Waals surface area (Å²) in [5.74, 6) is -0.217. The van der Waals surface area contributed by atoms with Gasteiger partial charge >= 0.3 is 6.09 Å². The van der Waals surface area contributed by atoms with Crippen molar-refractivity contribution in [3.63, 3.8) is 0 Å². The number of alkyl carbamates (subject to hydrolysis) is 1. The van der Waals surface area contributed by atoms with Crippen LogP contribution in [0.4, 0.5) is 4.79 Å².